The maximum atomic E-state index is 12.6. The number of carboxylic acids is 1. The van der Waals surface area contributed by atoms with Crippen molar-refractivity contribution in [1.29, 1.82) is 0 Å². The molecular weight excluding hydrogens is 237 g/mol. The molecule has 16 heavy (non-hydrogen) atoms. The predicted molar refractivity (Wildman–Crippen MR) is 56.5 cm³/mol. The molecule has 0 aromatic heterocycles. The van der Waals surface area contributed by atoms with Crippen molar-refractivity contribution >= 4 is 21.7 Å². The lowest BCUT2D eigenvalue weighted by Gasteiger charge is -2.08. The molecule has 1 rings (SSSR count). The number of sulfonamides is 1. The minimum atomic E-state index is -4.05. The second kappa shape index (κ2) is 4.48. The summed E-state index contributed by atoms with van der Waals surface area (Å²) in [6, 6.07) is 4.96. The van der Waals surface area contributed by atoms with Crippen molar-refractivity contribution in [2.75, 3.05) is 4.72 Å². The first-order chi connectivity index (χ1) is 7.33. The fourth-order valence-corrected chi connectivity index (χ4v) is 1.55. The Hall–Kier alpha value is -1.63. The Bertz CT molecular complexity index is 481. The molecule has 5 nitrogen and oxygen atoms in total. The SMILES string of the molecule is CC(F)S(=O)(=O)Nc1ccc(C(=O)O)cc1. The number of hydrogen-bond donors (Lipinski definition) is 2. The van der Waals surface area contributed by atoms with Crippen LogP contribution in [0.4, 0.5) is 10.1 Å². The van der Waals surface area contributed by atoms with Gasteiger partial charge >= 0.3 is 5.97 Å². The van der Waals surface area contributed by atoms with Crippen molar-refractivity contribution in [1.82, 2.24) is 0 Å². The molecule has 1 unspecified atom stereocenters. The molecule has 0 aliphatic carbocycles. The van der Waals surface area contributed by atoms with E-state index in [1.54, 1.807) is 0 Å². The van der Waals surface area contributed by atoms with Crippen LogP contribution in [0.25, 0.3) is 0 Å². The zero-order valence-corrected chi connectivity index (χ0v) is 9.16. The summed E-state index contributed by atoms with van der Waals surface area (Å²) in [6.07, 6.45) is 0. The number of alkyl halides is 1. The van der Waals surface area contributed by atoms with E-state index < -0.39 is 21.5 Å². The molecule has 0 radical (unpaired) electrons. The quantitative estimate of drug-likeness (QED) is 0.843. The third-order valence-electron chi connectivity index (χ3n) is 1.82. The van der Waals surface area contributed by atoms with Crippen molar-refractivity contribution in [2.45, 2.75) is 12.4 Å². The fourth-order valence-electron chi connectivity index (χ4n) is 0.926. The van der Waals surface area contributed by atoms with Gasteiger partial charge in [0.05, 0.1) is 5.56 Å². The minimum Gasteiger partial charge on any atom is -0.478 e. The summed E-state index contributed by atoms with van der Waals surface area (Å²) in [7, 11) is -4.05. The Kier molecular flexibility index (Phi) is 3.48. The maximum Gasteiger partial charge on any atom is 0.335 e. The van der Waals surface area contributed by atoms with E-state index in [0.717, 1.165) is 6.92 Å². The zero-order valence-electron chi connectivity index (χ0n) is 8.34. The van der Waals surface area contributed by atoms with E-state index in [1.165, 1.54) is 24.3 Å². The molecule has 0 amide bonds. The molecule has 0 aliphatic heterocycles. The number of rotatable bonds is 4. The van der Waals surface area contributed by atoms with Crippen LogP contribution in [0, 0.1) is 0 Å². The monoisotopic (exact) mass is 247 g/mol. The lowest BCUT2D eigenvalue weighted by Crippen LogP contribution is -2.21. The van der Waals surface area contributed by atoms with Crippen molar-refractivity contribution in [3.8, 4) is 0 Å². The van der Waals surface area contributed by atoms with Gasteiger partial charge in [0.25, 0.3) is 10.0 Å². The van der Waals surface area contributed by atoms with Gasteiger partial charge in [0, 0.05) is 5.69 Å². The molecule has 0 saturated carbocycles. The molecule has 88 valence electrons. The van der Waals surface area contributed by atoms with Gasteiger partial charge in [-0.3, -0.25) is 4.72 Å². The highest BCUT2D eigenvalue weighted by atomic mass is 32.2. The first-order valence-electron chi connectivity index (χ1n) is 4.32. The summed E-state index contributed by atoms with van der Waals surface area (Å²) >= 11 is 0. The van der Waals surface area contributed by atoms with Crippen molar-refractivity contribution in [3.05, 3.63) is 29.8 Å². The molecule has 1 atom stereocenters. The van der Waals surface area contributed by atoms with Gasteiger partial charge in [-0.25, -0.2) is 17.6 Å². The van der Waals surface area contributed by atoms with E-state index in [2.05, 4.69) is 0 Å². The van der Waals surface area contributed by atoms with Gasteiger partial charge in [0.1, 0.15) is 0 Å². The fraction of sp³-hybridized carbons (Fsp3) is 0.222. The minimum absolute atomic E-state index is 0.0243. The number of carbonyl (C=O) groups is 1. The van der Waals surface area contributed by atoms with Crippen LogP contribution < -0.4 is 4.72 Å². The van der Waals surface area contributed by atoms with Crippen LogP contribution in [0.2, 0.25) is 0 Å². The zero-order chi connectivity index (χ0) is 12.3. The summed E-state index contributed by atoms with van der Waals surface area (Å²) < 4.78 is 36.8. The van der Waals surface area contributed by atoms with E-state index in [4.69, 9.17) is 5.11 Å². The van der Waals surface area contributed by atoms with E-state index in [9.17, 15) is 17.6 Å². The van der Waals surface area contributed by atoms with Crippen LogP contribution in [0.5, 0.6) is 0 Å². The van der Waals surface area contributed by atoms with E-state index in [0.29, 0.717) is 0 Å². The Morgan fingerprint density at radius 2 is 1.88 bits per heavy atom. The molecule has 7 heteroatoms. The van der Waals surface area contributed by atoms with Crippen LogP contribution in [0.15, 0.2) is 24.3 Å². The average molecular weight is 247 g/mol. The third-order valence-corrected chi connectivity index (χ3v) is 3.19. The van der Waals surface area contributed by atoms with Gasteiger partial charge in [-0.15, -0.1) is 0 Å². The number of hydrogen-bond acceptors (Lipinski definition) is 3. The predicted octanol–water partition coefficient (Wildman–Crippen LogP) is 1.44. The van der Waals surface area contributed by atoms with Crippen molar-refractivity contribution in [2.24, 2.45) is 0 Å². The molecule has 1 aromatic rings. The second-order valence-corrected chi connectivity index (χ2v) is 5.02. The number of nitrogens with one attached hydrogen (secondary N) is 1. The van der Waals surface area contributed by atoms with Crippen LogP contribution in [0.1, 0.15) is 17.3 Å². The smallest absolute Gasteiger partial charge is 0.335 e. The summed E-state index contributed by atoms with van der Waals surface area (Å²) in [4.78, 5) is 10.5. The van der Waals surface area contributed by atoms with E-state index in [-0.39, 0.29) is 11.3 Å². The molecule has 0 spiro atoms. The topological polar surface area (TPSA) is 83.5 Å². The molecule has 0 fully saturated rings. The maximum absolute atomic E-state index is 12.6. The normalized spacial score (nSPS) is 13.1. The molecule has 1 aromatic carbocycles. The number of benzene rings is 1. The number of halogens is 1. The Morgan fingerprint density at radius 1 is 1.38 bits per heavy atom. The van der Waals surface area contributed by atoms with E-state index >= 15 is 0 Å². The van der Waals surface area contributed by atoms with Gasteiger partial charge in [-0.05, 0) is 31.2 Å². The van der Waals surface area contributed by atoms with E-state index in [1.807, 2.05) is 4.72 Å². The van der Waals surface area contributed by atoms with Crippen molar-refractivity contribution in [3.63, 3.8) is 0 Å². The Balaban J connectivity index is 2.89. The Labute approximate surface area is 92.0 Å². The highest BCUT2D eigenvalue weighted by molar-refractivity contribution is 7.93. The molecular formula is C9H10FNO4S. The first-order valence-corrected chi connectivity index (χ1v) is 5.86. The summed E-state index contributed by atoms with van der Waals surface area (Å²) in [5.41, 5.74) is -1.89. The van der Waals surface area contributed by atoms with Crippen LogP contribution in [-0.2, 0) is 10.0 Å². The summed E-state index contributed by atoms with van der Waals surface area (Å²) in [6.45, 7) is 0.897. The first kappa shape index (κ1) is 12.4. The lowest BCUT2D eigenvalue weighted by molar-refractivity contribution is 0.0697. The molecule has 0 heterocycles. The van der Waals surface area contributed by atoms with Crippen LogP contribution in [-0.4, -0.2) is 25.0 Å². The summed E-state index contributed by atoms with van der Waals surface area (Å²) in [5.74, 6) is -1.12. The van der Waals surface area contributed by atoms with Crippen molar-refractivity contribution < 1.29 is 22.7 Å². The standard InChI is InChI=1S/C9H10FNO4S/c1-6(10)16(14,15)11-8-4-2-7(3-5-8)9(12)13/h2-6,11H,1H3,(H,12,13). The molecule has 0 saturated heterocycles. The number of anilines is 1. The molecule has 0 bridgehead atoms. The van der Waals surface area contributed by atoms with Gasteiger partial charge in [-0.1, -0.05) is 0 Å². The molecule has 2 N–H and O–H groups in total. The van der Waals surface area contributed by atoms with Gasteiger partial charge < -0.3 is 5.11 Å². The van der Waals surface area contributed by atoms with Crippen LogP contribution in [0.3, 0.4) is 0 Å². The largest absolute Gasteiger partial charge is 0.478 e. The van der Waals surface area contributed by atoms with Crippen LogP contribution >= 0.6 is 0 Å². The highest BCUT2D eigenvalue weighted by Gasteiger charge is 2.19. The average Bonchev–Trinajstić information content (AvgIpc) is 2.17. The number of carboxylic acid groups (broad SMARTS) is 1. The van der Waals surface area contributed by atoms with Gasteiger partial charge in [0.2, 0.25) is 5.50 Å². The summed E-state index contributed by atoms with van der Waals surface area (Å²) in [5, 5.41) is 8.60. The number of aromatic carboxylic acids is 1. The van der Waals surface area contributed by atoms with Gasteiger partial charge in [-0.2, -0.15) is 0 Å². The van der Waals surface area contributed by atoms with Gasteiger partial charge in [0.15, 0.2) is 0 Å². The third kappa shape index (κ3) is 2.93. The lowest BCUT2D eigenvalue weighted by atomic mass is 10.2. The molecule has 0 aliphatic rings. The highest BCUT2D eigenvalue weighted by Crippen LogP contribution is 2.13. The second-order valence-electron chi connectivity index (χ2n) is 3.07. The Morgan fingerprint density at radius 3 is 2.25 bits per heavy atom.